The summed E-state index contributed by atoms with van der Waals surface area (Å²) < 4.78 is 1.06. The van der Waals surface area contributed by atoms with E-state index in [9.17, 15) is 0 Å². The van der Waals surface area contributed by atoms with E-state index in [0.29, 0.717) is 0 Å². The van der Waals surface area contributed by atoms with Crippen LogP contribution in [0.2, 0.25) is 0 Å². The summed E-state index contributed by atoms with van der Waals surface area (Å²) >= 11 is 6.36. The molecule has 1 aliphatic heterocycles. The summed E-state index contributed by atoms with van der Waals surface area (Å²) in [6.07, 6.45) is 2.07. The van der Waals surface area contributed by atoms with Gasteiger partial charge in [-0.25, -0.2) is 0 Å². The predicted molar refractivity (Wildman–Crippen MR) is 89.5 cm³/mol. The lowest BCUT2D eigenvalue weighted by Gasteiger charge is -2.32. The normalized spacial score (nSPS) is 13.0. The van der Waals surface area contributed by atoms with Crippen LogP contribution in [-0.4, -0.2) is 13.3 Å². The Labute approximate surface area is 123 Å². The Morgan fingerprint density at radius 3 is 1.89 bits per heavy atom. The molecule has 0 saturated carbocycles. The molecule has 0 aliphatic carbocycles. The number of thiol groups is 1. The van der Waals surface area contributed by atoms with Gasteiger partial charge in [0.15, 0.2) is 0 Å². The largest absolute Gasteiger partial charge is 0.344 e. The minimum absolute atomic E-state index is 1.06. The van der Waals surface area contributed by atoms with Gasteiger partial charge in [-0.05, 0) is 18.4 Å². The minimum atomic E-state index is 1.06. The van der Waals surface area contributed by atoms with Gasteiger partial charge in [0.1, 0.15) is 0 Å². The molecule has 96 valence electrons. The molecular weight excluding hydrogens is 270 g/mol. The lowest BCUT2D eigenvalue weighted by molar-refractivity contribution is 1.17. The smallest absolute Gasteiger partial charge is 0.0488 e. The molecule has 0 radical (unpaired) electrons. The maximum absolute atomic E-state index is 4.68. The first-order valence-corrected chi connectivity index (χ1v) is 7.81. The molecular formula is C16H15NS2. The number of benzene rings is 2. The van der Waals surface area contributed by atoms with Crippen molar-refractivity contribution in [2.24, 2.45) is 0 Å². The van der Waals surface area contributed by atoms with Gasteiger partial charge in [0.25, 0.3) is 0 Å². The molecule has 2 aromatic carbocycles. The van der Waals surface area contributed by atoms with Gasteiger partial charge in [0.2, 0.25) is 0 Å². The van der Waals surface area contributed by atoms with Crippen molar-refractivity contribution in [3.05, 3.63) is 63.9 Å². The molecule has 0 spiro atoms. The van der Waals surface area contributed by atoms with Crippen LogP contribution in [0.1, 0.15) is 11.1 Å². The molecule has 3 rings (SSSR count). The average molecular weight is 285 g/mol. The zero-order valence-corrected chi connectivity index (χ0v) is 12.6. The Morgan fingerprint density at radius 2 is 1.42 bits per heavy atom. The lowest BCUT2D eigenvalue weighted by atomic mass is 9.92. The number of hydrogen-bond donors (Lipinski definition) is 1. The first kappa shape index (κ1) is 12.7. The molecule has 3 heteroatoms. The van der Waals surface area contributed by atoms with E-state index in [0.717, 1.165) is 4.24 Å². The summed E-state index contributed by atoms with van der Waals surface area (Å²) in [5, 5.41) is 0. The van der Waals surface area contributed by atoms with Crippen LogP contribution in [0.25, 0.3) is 5.57 Å². The van der Waals surface area contributed by atoms with E-state index in [4.69, 9.17) is 0 Å². The monoisotopic (exact) mass is 285 g/mol. The van der Waals surface area contributed by atoms with Crippen molar-refractivity contribution in [3.63, 3.8) is 0 Å². The fraction of sp³-hybridized carbons (Fsp3) is 0.125. The first-order valence-electron chi connectivity index (χ1n) is 6.14. The quantitative estimate of drug-likeness (QED) is 0.751. The summed E-state index contributed by atoms with van der Waals surface area (Å²) in [5.41, 5.74) is 6.21. The molecule has 0 fully saturated rings. The number of thioether (sulfide) groups is 1. The van der Waals surface area contributed by atoms with E-state index in [-0.39, 0.29) is 0 Å². The summed E-state index contributed by atoms with van der Waals surface area (Å²) in [4.78, 5) is 2.25. The zero-order valence-electron chi connectivity index (χ0n) is 10.9. The number of anilines is 2. The van der Waals surface area contributed by atoms with Gasteiger partial charge in [-0.15, -0.1) is 24.4 Å². The molecule has 1 heterocycles. The van der Waals surface area contributed by atoms with E-state index in [1.807, 2.05) is 0 Å². The van der Waals surface area contributed by atoms with Crippen LogP contribution in [0.15, 0.2) is 52.8 Å². The highest BCUT2D eigenvalue weighted by Gasteiger charge is 2.24. The van der Waals surface area contributed by atoms with Crippen molar-refractivity contribution in [1.82, 2.24) is 0 Å². The Morgan fingerprint density at radius 1 is 0.947 bits per heavy atom. The second kappa shape index (κ2) is 4.99. The van der Waals surface area contributed by atoms with Crippen molar-refractivity contribution in [1.29, 1.82) is 0 Å². The van der Waals surface area contributed by atoms with Gasteiger partial charge in [0, 0.05) is 39.4 Å². The first-order chi connectivity index (χ1) is 9.24. The van der Waals surface area contributed by atoms with Gasteiger partial charge in [-0.3, -0.25) is 0 Å². The lowest BCUT2D eigenvalue weighted by Crippen LogP contribution is -2.18. The predicted octanol–water partition coefficient (Wildman–Crippen LogP) is 4.78. The Bertz CT molecular complexity index is 612. The van der Waals surface area contributed by atoms with Crippen LogP contribution in [0.3, 0.4) is 0 Å². The zero-order chi connectivity index (χ0) is 13.4. The standard InChI is InChI=1S/C16H15NS2/c1-17-13-9-5-3-7-11(13)15(16(18)19-2)12-8-4-6-10-14(12)17/h3-10,18H,1-2H3. The van der Waals surface area contributed by atoms with E-state index < -0.39 is 0 Å². The number of rotatable bonds is 1. The third-order valence-electron chi connectivity index (χ3n) is 3.48. The molecule has 0 amide bonds. The van der Waals surface area contributed by atoms with Crippen LogP contribution >= 0.6 is 24.4 Å². The summed E-state index contributed by atoms with van der Waals surface area (Å²) in [7, 11) is 2.12. The maximum Gasteiger partial charge on any atom is 0.0488 e. The van der Waals surface area contributed by atoms with Crippen molar-refractivity contribution >= 4 is 41.3 Å². The minimum Gasteiger partial charge on any atom is -0.344 e. The average Bonchev–Trinajstić information content (AvgIpc) is 2.47. The van der Waals surface area contributed by atoms with Crippen molar-refractivity contribution in [2.75, 3.05) is 18.2 Å². The number of para-hydroxylation sites is 2. The summed E-state index contributed by atoms with van der Waals surface area (Å²) in [6, 6.07) is 17.0. The van der Waals surface area contributed by atoms with E-state index in [1.54, 1.807) is 11.8 Å². The number of hydrogen-bond acceptors (Lipinski definition) is 3. The molecule has 0 atom stereocenters. The van der Waals surface area contributed by atoms with Crippen LogP contribution in [0, 0.1) is 0 Å². The number of nitrogens with zero attached hydrogens (tertiary/aromatic N) is 1. The Balaban J connectivity index is 2.36. The SMILES string of the molecule is CSC(S)=C1c2ccccc2N(C)c2ccccc21. The molecule has 19 heavy (non-hydrogen) atoms. The van der Waals surface area contributed by atoms with Crippen LogP contribution in [0.5, 0.6) is 0 Å². The fourth-order valence-corrected chi connectivity index (χ4v) is 3.23. The van der Waals surface area contributed by atoms with Gasteiger partial charge in [0.05, 0.1) is 0 Å². The highest BCUT2D eigenvalue weighted by atomic mass is 32.2. The van der Waals surface area contributed by atoms with Crippen LogP contribution in [0.4, 0.5) is 11.4 Å². The van der Waals surface area contributed by atoms with Crippen molar-refractivity contribution in [2.45, 2.75) is 0 Å². The van der Waals surface area contributed by atoms with Crippen molar-refractivity contribution in [3.8, 4) is 0 Å². The second-order valence-corrected chi connectivity index (χ2v) is 6.04. The van der Waals surface area contributed by atoms with Gasteiger partial charge >= 0.3 is 0 Å². The van der Waals surface area contributed by atoms with Gasteiger partial charge < -0.3 is 4.90 Å². The molecule has 0 bridgehead atoms. The molecule has 1 aliphatic rings. The fourth-order valence-electron chi connectivity index (χ4n) is 2.56. The Hall–Kier alpha value is -1.32. The van der Waals surface area contributed by atoms with Crippen LogP contribution in [-0.2, 0) is 0 Å². The van der Waals surface area contributed by atoms with Gasteiger partial charge in [-0.1, -0.05) is 36.4 Å². The third kappa shape index (κ3) is 1.97. The molecule has 2 aromatic rings. The molecule has 0 unspecified atom stereocenters. The van der Waals surface area contributed by atoms with Crippen LogP contribution < -0.4 is 4.90 Å². The Kier molecular flexibility index (Phi) is 3.33. The molecule has 0 aromatic heterocycles. The number of fused-ring (bicyclic) bond motifs is 2. The second-order valence-electron chi connectivity index (χ2n) is 4.48. The topological polar surface area (TPSA) is 3.24 Å². The highest BCUT2D eigenvalue weighted by Crippen LogP contribution is 2.47. The van der Waals surface area contributed by atoms with E-state index >= 15 is 0 Å². The molecule has 1 nitrogen and oxygen atoms in total. The summed E-state index contributed by atoms with van der Waals surface area (Å²) in [5.74, 6) is 0. The third-order valence-corrected chi connectivity index (χ3v) is 4.84. The summed E-state index contributed by atoms with van der Waals surface area (Å²) in [6.45, 7) is 0. The van der Waals surface area contributed by atoms with Crippen molar-refractivity contribution < 1.29 is 0 Å². The highest BCUT2D eigenvalue weighted by molar-refractivity contribution is 8.15. The maximum atomic E-state index is 4.68. The van der Waals surface area contributed by atoms with E-state index in [2.05, 4.69) is 79.4 Å². The molecule has 0 saturated heterocycles. The molecule has 0 N–H and O–H groups in total. The van der Waals surface area contributed by atoms with E-state index in [1.165, 1.54) is 28.1 Å². The van der Waals surface area contributed by atoms with Gasteiger partial charge in [-0.2, -0.15) is 0 Å².